The van der Waals surface area contributed by atoms with E-state index in [1.807, 2.05) is 13.8 Å². The van der Waals surface area contributed by atoms with Crippen LogP contribution in [-0.4, -0.2) is 29.6 Å². The van der Waals surface area contributed by atoms with Gasteiger partial charge in [0.2, 0.25) is 0 Å². The number of piperidine rings is 1. The number of nitro groups is 1. The number of esters is 1. The van der Waals surface area contributed by atoms with Crippen molar-refractivity contribution in [2.75, 3.05) is 13.1 Å². The first-order chi connectivity index (χ1) is 11.3. The van der Waals surface area contributed by atoms with Gasteiger partial charge in [0, 0.05) is 18.1 Å². The second-order valence-corrected chi connectivity index (χ2v) is 6.76. The molecule has 0 saturated carbocycles. The Bertz CT molecular complexity index is 652. The Kier molecular flexibility index (Phi) is 5.96. The van der Waals surface area contributed by atoms with Crippen molar-refractivity contribution in [2.45, 2.75) is 32.3 Å². The lowest BCUT2D eigenvalue weighted by molar-refractivity contribution is -0.384. The lowest BCUT2D eigenvalue weighted by atomic mass is 9.83. The summed E-state index contributed by atoms with van der Waals surface area (Å²) in [5.74, 6) is -0.149. The molecule has 0 aromatic heterocycles. The zero-order valence-corrected chi connectivity index (χ0v) is 14.5. The Labute approximate surface area is 146 Å². The predicted octanol–water partition coefficient (Wildman–Crippen LogP) is 3.58. The molecule has 0 amide bonds. The number of ether oxygens (including phenoxy) is 1. The molecule has 0 atom stereocenters. The van der Waals surface area contributed by atoms with Crippen LogP contribution in [0.15, 0.2) is 24.3 Å². The van der Waals surface area contributed by atoms with Crippen LogP contribution < -0.4 is 5.32 Å². The van der Waals surface area contributed by atoms with Crippen LogP contribution in [0.2, 0.25) is 5.02 Å². The summed E-state index contributed by atoms with van der Waals surface area (Å²) < 4.78 is 5.59. The van der Waals surface area contributed by atoms with Crippen LogP contribution in [0.5, 0.6) is 0 Å². The minimum absolute atomic E-state index is 0.0618. The molecule has 0 radical (unpaired) electrons. The maximum Gasteiger partial charge on any atom is 0.331 e. The first kappa shape index (κ1) is 18.4. The molecule has 1 heterocycles. The maximum atomic E-state index is 12.1. The van der Waals surface area contributed by atoms with Crippen molar-refractivity contribution in [1.29, 1.82) is 0 Å². The van der Waals surface area contributed by atoms with Crippen molar-refractivity contribution in [3.05, 3.63) is 45.0 Å². The average molecular weight is 353 g/mol. The monoisotopic (exact) mass is 352 g/mol. The average Bonchev–Trinajstić information content (AvgIpc) is 2.54. The zero-order valence-electron chi connectivity index (χ0n) is 13.8. The molecule has 6 nitrogen and oxygen atoms in total. The fourth-order valence-electron chi connectivity index (χ4n) is 2.83. The van der Waals surface area contributed by atoms with E-state index in [2.05, 4.69) is 5.32 Å². The number of halogens is 1. The number of carbonyl (C=O) groups is 1. The van der Waals surface area contributed by atoms with E-state index in [4.69, 9.17) is 16.3 Å². The van der Waals surface area contributed by atoms with Crippen molar-refractivity contribution >= 4 is 29.3 Å². The van der Waals surface area contributed by atoms with Crippen LogP contribution >= 0.6 is 11.6 Å². The van der Waals surface area contributed by atoms with Gasteiger partial charge >= 0.3 is 5.97 Å². The van der Waals surface area contributed by atoms with Gasteiger partial charge in [-0.2, -0.15) is 0 Å². The summed E-state index contributed by atoms with van der Waals surface area (Å²) in [4.78, 5) is 22.4. The van der Waals surface area contributed by atoms with Gasteiger partial charge in [0.25, 0.3) is 5.69 Å². The highest BCUT2D eigenvalue weighted by Crippen LogP contribution is 2.29. The molecule has 130 valence electrons. The lowest BCUT2D eigenvalue weighted by Crippen LogP contribution is -2.42. The number of nitrogens with zero attached hydrogens (tertiary/aromatic N) is 1. The van der Waals surface area contributed by atoms with Crippen molar-refractivity contribution in [3.8, 4) is 0 Å². The SMILES string of the molecule is CC(C)(OC(=O)/C=C/c1ccc(Cl)c([N+](=O)[O-])c1)C1CCNCC1. The third-order valence-corrected chi connectivity index (χ3v) is 4.58. The second kappa shape index (κ2) is 7.77. The molecular formula is C17H21ClN2O4. The summed E-state index contributed by atoms with van der Waals surface area (Å²) in [7, 11) is 0. The molecule has 0 spiro atoms. The first-order valence-electron chi connectivity index (χ1n) is 7.85. The molecule has 0 bridgehead atoms. The highest BCUT2D eigenvalue weighted by Gasteiger charge is 2.33. The Balaban J connectivity index is 2.02. The molecule has 2 rings (SSSR count). The molecule has 1 N–H and O–H groups in total. The third kappa shape index (κ3) is 4.79. The summed E-state index contributed by atoms with van der Waals surface area (Å²) in [5.41, 5.74) is -0.222. The lowest BCUT2D eigenvalue weighted by Gasteiger charge is -2.36. The molecule has 1 aromatic carbocycles. The molecule has 1 aromatic rings. The van der Waals surface area contributed by atoms with Gasteiger partial charge in [0.05, 0.1) is 4.92 Å². The summed E-state index contributed by atoms with van der Waals surface area (Å²) >= 11 is 5.76. The van der Waals surface area contributed by atoms with Crippen molar-refractivity contribution in [3.63, 3.8) is 0 Å². The van der Waals surface area contributed by atoms with Crippen molar-refractivity contribution in [1.82, 2.24) is 5.32 Å². The Morgan fingerprint density at radius 1 is 1.42 bits per heavy atom. The number of rotatable bonds is 5. The Hall–Kier alpha value is -1.92. The Morgan fingerprint density at radius 2 is 2.08 bits per heavy atom. The minimum Gasteiger partial charge on any atom is -0.456 e. The second-order valence-electron chi connectivity index (χ2n) is 6.35. The summed E-state index contributed by atoms with van der Waals surface area (Å²) in [5, 5.41) is 14.2. The van der Waals surface area contributed by atoms with Gasteiger partial charge in [-0.3, -0.25) is 10.1 Å². The number of nitrogens with one attached hydrogen (secondary N) is 1. The summed E-state index contributed by atoms with van der Waals surface area (Å²) in [6, 6.07) is 4.37. The van der Waals surface area contributed by atoms with Crippen LogP contribution in [0.1, 0.15) is 32.3 Å². The van der Waals surface area contributed by atoms with Crippen LogP contribution in [0.4, 0.5) is 5.69 Å². The van der Waals surface area contributed by atoms with Gasteiger partial charge in [-0.15, -0.1) is 0 Å². The molecule has 24 heavy (non-hydrogen) atoms. The highest BCUT2D eigenvalue weighted by atomic mass is 35.5. The van der Waals surface area contributed by atoms with E-state index < -0.39 is 16.5 Å². The third-order valence-electron chi connectivity index (χ3n) is 4.26. The van der Waals surface area contributed by atoms with Gasteiger partial charge in [-0.05, 0) is 57.5 Å². The summed E-state index contributed by atoms with van der Waals surface area (Å²) in [6.07, 6.45) is 4.71. The van der Waals surface area contributed by atoms with Crippen LogP contribution in [-0.2, 0) is 9.53 Å². The van der Waals surface area contributed by atoms with Crippen LogP contribution in [0, 0.1) is 16.0 Å². The number of nitro benzene ring substituents is 1. The van der Waals surface area contributed by atoms with E-state index in [1.54, 1.807) is 6.07 Å². The van der Waals surface area contributed by atoms with Crippen LogP contribution in [0.25, 0.3) is 6.08 Å². The number of hydrogen-bond donors (Lipinski definition) is 1. The molecular weight excluding hydrogens is 332 g/mol. The van der Waals surface area contributed by atoms with Gasteiger partial charge in [0.1, 0.15) is 10.6 Å². The van der Waals surface area contributed by atoms with Crippen molar-refractivity contribution in [2.24, 2.45) is 5.92 Å². The topological polar surface area (TPSA) is 81.5 Å². The van der Waals surface area contributed by atoms with E-state index in [0.717, 1.165) is 25.9 Å². The number of hydrogen-bond acceptors (Lipinski definition) is 5. The molecule has 7 heteroatoms. The van der Waals surface area contributed by atoms with E-state index >= 15 is 0 Å². The van der Waals surface area contributed by atoms with Gasteiger partial charge in [-0.1, -0.05) is 17.7 Å². The number of benzene rings is 1. The first-order valence-corrected chi connectivity index (χ1v) is 8.23. The van der Waals surface area contributed by atoms with E-state index in [1.165, 1.54) is 24.3 Å². The highest BCUT2D eigenvalue weighted by molar-refractivity contribution is 6.32. The molecule has 0 aliphatic carbocycles. The molecule has 1 saturated heterocycles. The van der Waals surface area contributed by atoms with Crippen molar-refractivity contribution < 1.29 is 14.5 Å². The smallest absolute Gasteiger partial charge is 0.331 e. The quantitative estimate of drug-likeness (QED) is 0.379. The Morgan fingerprint density at radius 3 is 2.71 bits per heavy atom. The number of carbonyl (C=O) groups excluding carboxylic acids is 1. The van der Waals surface area contributed by atoms with E-state index in [0.29, 0.717) is 11.5 Å². The molecule has 0 unspecified atom stereocenters. The van der Waals surface area contributed by atoms with E-state index in [9.17, 15) is 14.9 Å². The van der Waals surface area contributed by atoms with Gasteiger partial charge < -0.3 is 10.1 Å². The fourth-order valence-corrected chi connectivity index (χ4v) is 3.02. The van der Waals surface area contributed by atoms with Gasteiger partial charge in [0.15, 0.2) is 0 Å². The largest absolute Gasteiger partial charge is 0.456 e. The standard InChI is InChI=1S/C17H21ClN2O4/c1-17(2,13-7-9-19-10-8-13)24-16(21)6-4-12-3-5-14(18)15(11-12)20(22)23/h3-6,11,13,19H,7-10H2,1-2H3/b6-4+. The van der Waals surface area contributed by atoms with E-state index in [-0.39, 0.29) is 10.7 Å². The predicted molar refractivity (Wildman–Crippen MR) is 92.9 cm³/mol. The molecule has 1 aliphatic rings. The minimum atomic E-state index is -0.557. The molecule has 1 fully saturated rings. The summed E-state index contributed by atoms with van der Waals surface area (Å²) in [6.45, 7) is 5.69. The normalized spacial score (nSPS) is 16.3. The van der Waals surface area contributed by atoms with Gasteiger partial charge in [-0.25, -0.2) is 4.79 Å². The zero-order chi connectivity index (χ0) is 17.7. The van der Waals surface area contributed by atoms with Crippen LogP contribution in [0.3, 0.4) is 0 Å². The molecule has 1 aliphatic heterocycles. The maximum absolute atomic E-state index is 12.1. The fraction of sp³-hybridized carbons (Fsp3) is 0.471.